The molecule has 0 saturated carbocycles. The summed E-state index contributed by atoms with van der Waals surface area (Å²) in [5.41, 5.74) is 1.87. The van der Waals surface area contributed by atoms with Gasteiger partial charge in [-0.15, -0.1) is 16.4 Å². The van der Waals surface area contributed by atoms with Gasteiger partial charge in [-0.1, -0.05) is 30.3 Å². The van der Waals surface area contributed by atoms with Gasteiger partial charge in [-0.25, -0.2) is 9.67 Å². The minimum Gasteiger partial charge on any atom is -0.258 e. The van der Waals surface area contributed by atoms with Crippen molar-refractivity contribution < 1.29 is 4.92 Å². The topological polar surface area (TPSA) is 99.6 Å². The van der Waals surface area contributed by atoms with Gasteiger partial charge in [0.1, 0.15) is 0 Å². The number of non-ortho nitro benzene ring substituents is 1. The first-order chi connectivity index (χ1) is 12.2. The fourth-order valence-electron chi connectivity index (χ4n) is 2.25. The van der Waals surface area contributed by atoms with E-state index in [0.29, 0.717) is 11.7 Å². The van der Waals surface area contributed by atoms with Crippen LogP contribution in [0.3, 0.4) is 0 Å². The van der Waals surface area contributed by atoms with Crippen LogP contribution in [0.2, 0.25) is 0 Å². The maximum absolute atomic E-state index is 10.9. The van der Waals surface area contributed by atoms with Gasteiger partial charge in [0.2, 0.25) is 5.16 Å². The van der Waals surface area contributed by atoms with Gasteiger partial charge in [0.05, 0.1) is 21.7 Å². The van der Waals surface area contributed by atoms with Crippen LogP contribution < -0.4 is 0 Å². The molecule has 124 valence electrons. The van der Waals surface area contributed by atoms with Crippen molar-refractivity contribution in [3.63, 3.8) is 0 Å². The molecule has 8 nitrogen and oxygen atoms in total. The summed E-state index contributed by atoms with van der Waals surface area (Å²) in [6.45, 7) is 0.562. The molecule has 0 N–H and O–H groups in total. The van der Waals surface area contributed by atoms with E-state index >= 15 is 0 Å². The Kier molecular flexibility index (Phi) is 4.12. The highest BCUT2D eigenvalue weighted by Gasteiger charge is 2.14. The highest BCUT2D eigenvalue weighted by molar-refractivity contribution is 8.01. The number of aromatic nitrogens is 5. The maximum Gasteiger partial charge on any atom is 0.270 e. The molecule has 0 spiro atoms. The molecular formula is C15H10N6O2S2. The van der Waals surface area contributed by atoms with Crippen molar-refractivity contribution in [2.75, 3.05) is 0 Å². The fourth-order valence-corrected chi connectivity index (χ4v) is 4.23. The summed E-state index contributed by atoms with van der Waals surface area (Å²) in [6.07, 6.45) is 0. The van der Waals surface area contributed by atoms with Gasteiger partial charge in [0.25, 0.3) is 5.69 Å². The first-order valence-corrected chi connectivity index (χ1v) is 8.85. The molecule has 0 amide bonds. The molecule has 2 aromatic heterocycles. The molecule has 0 aliphatic rings. The smallest absolute Gasteiger partial charge is 0.258 e. The normalized spacial score (nSPS) is 11.0. The molecule has 25 heavy (non-hydrogen) atoms. The van der Waals surface area contributed by atoms with Crippen LogP contribution in [0, 0.1) is 10.1 Å². The van der Waals surface area contributed by atoms with Gasteiger partial charge >= 0.3 is 0 Å². The van der Waals surface area contributed by atoms with Gasteiger partial charge in [0, 0.05) is 12.1 Å². The second-order valence-electron chi connectivity index (χ2n) is 5.10. The molecule has 0 bridgehead atoms. The average Bonchev–Trinajstić information content (AvgIpc) is 3.21. The summed E-state index contributed by atoms with van der Waals surface area (Å²) in [4.78, 5) is 15.0. The Labute approximate surface area is 149 Å². The lowest BCUT2D eigenvalue weighted by molar-refractivity contribution is -0.384. The molecule has 10 heteroatoms. The average molecular weight is 370 g/mol. The number of nitrogens with zero attached hydrogens (tertiary/aromatic N) is 6. The molecule has 0 unspecified atom stereocenters. The second kappa shape index (κ2) is 6.57. The van der Waals surface area contributed by atoms with Crippen LogP contribution in [0.5, 0.6) is 0 Å². The number of nitro groups is 1. The van der Waals surface area contributed by atoms with Crippen molar-refractivity contribution in [1.29, 1.82) is 0 Å². The SMILES string of the molecule is O=[N+]([O-])c1ccc2nc(Sc3nnnn3Cc3ccccc3)sc2c1. The third-order valence-electron chi connectivity index (χ3n) is 3.42. The Morgan fingerprint density at radius 3 is 2.84 bits per heavy atom. The molecule has 4 aromatic rings. The second-order valence-corrected chi connectivity index (χ2v) is 7.34. The number of thiazole rings is 1. The predicted octanol–water partition coefficient (Wildman–Crippen LogP) is 3.39. The molecule has 2 heterocycles. The predicted molar refractivity (Wildman–Crippen MR) is 93.8 cm³/mol. The molecule has 0 aliphatic carbocycles. The van der Waals surface area contributed by atoms with Gasteiger partial charge in [-0.05, 0) is 33.8 Å². The van der Waals surface area contributed by atoms with E-state index < -0.39 is 4.92 Å². The van der Waals surface area contributed by atoms with Gasteiger partial charge in [0.15, 0.2) is 4.34 Å². The highest BCUT2D eigenvalue weighted by atomic mass is 32.2. The summed E-state index contributed by atoms with van der Waals surface area (Å²) in [5.74, 6) is 0. The van der Waals surface area contributed by atoms with Crippen LogP contribution >= 0.6 is 23.1 Å². The number of hydrogen-bond acceptors (Lipinski definition) is 8. The molecule has 0 aliphatic heterocycles. The first kappa shape index (κ1) is 15.7. The van der Waals surface area contributed by atoms with Crippen molar-refractivity contribution >= 4 is 39.0 Å². The Hall–Kier alpha value is -2.85. The first-order valence-electron chi connectivity index (χ1n) is 7.22. The zero-order valence-electron chi connectivity index (χ0n) is 12.6. The summed E-state index contributed by atoms with van der Waals surface area (Å²) in [5, 5.41) is 23.3. The highest BCUT2D eigenvalue weighted by Crippen LogP contribution is 2.34. The largest absolute Gasteiger partial charge is 0.270 e. The number of hydrogen-bond donors (Lipinski definition) is 0. The fraction of sp³-hybridized carbons (Fsp3) is 0.0667. The lowest BCUT2D eigenvalue weighted by atomic mass is 10.2. The van der Waals surface area contributed by atoms with E-state index in [9.17, 15) is 10.1 Å². The van der Waals surface area contributed by atoms with E-state index in [1.807, 2.05) is 30.3 Å². The van der Waals surface area contributed by atoms with Crippen molar-refractivity contribution in [2.24, 2.45) is 0 Å². The van der Waals surface area contributed by atoms with E-state index in [-0.39, 0.29) is 5.69 Å². The number of fused-ring (bicyclic) bond motifs is 1. The Balaban J connectivity index is 1.59. The van der Waals surface area contributed by atoms with Gasteiger partial charge < -0.3 is 0 Å². The molecule has 0 atom stereocenters. The zero-order chi connectivity index (χ0) is 17.2. The number of tetrazole rings is 1. The minimum absolute atomic E-state index is 0.0570. The molecule has 0 fully saturated rings. The van der Waals surface area contributed by atoms with E-state index in [2.05, 4.69) is 20.5 Å². The van der Waals surface area contributed by atoms with Crippen LogP contribution in [0.1, 0.15) is 5.56 Å². The van der Waals surface area contributed by atoms with Crippen LogP contribution in [-0.4, -0.2) is 30.1 Å². The lowest BCUT2D eigenvalue weighted by Gasteiger charge is -2.02. The van der Waals surface area contributed by atoms with Gasteiger partial charge in [-0.2, -0.15) is 0 Å². The standard InChI is InChI=1S/C15H10N6O2S2/c22-21(23)11-6-7-12-13(8-11)24-15(16-12)25-14-17-18-19-20(14)9-10-4-2-1-3-5-10/h1-8H,9H2. The molecule has 2 aromatic carbocycles. The number of nitro benzene ring substituents is 1. The van der Waals surface area contributed by atoms with E-state index in [1.54, 1.807) is 10.7 Å². The summed E-state index contributed by atoms with van der Waals surface area (Å²) in [7, 11) is 0. The minimum atomic E-state index is -0.410. The van der Waals surface area contributed by atoms with E-state index in [1.165, 1.54) is 35.2 Å². The maximum atomic E-state index is 10.9. The Morgan fingerprint density at radius 2 is 2.04 bits per heavy atom. The van der Waals surface area contributed by atoms with Crippen molar-refractivity contribution in [2.45, 2.75) is 16.0 Å². The van der Waals surface area contributed by atoms with Crippen molar-refractivity contribution in [1.82, 2.24) is 25.2 Å². The van der Waals surface area contributed by atoms with Gasteiger partial charge in [-0.3, -0.25) is 10.1 Å². The summed E-state index contributed by atoms with van der Waals surface area (Å²) in [6, 6.07) is 14.5. The summed E-state index contributed by atoms with van der Waals surface area (Å²) < 4.78 is 3.20. The molecule has 0 radical (unpaired) electrons. The molecular weight excluding hydrogens is 360 g/mol. The van der Waals surface area contributed by atoms with Crippen molar-refractivity contribution in [3.05, 3.63) is 64.2 Å². The quantitative estimate of drug-likeness (QED) is 0.392. The zero-order valence-corrected chi connectivity index (χ0v) is 14.3. The van der Waals surface area contributed by atoms with E-state index in [0.717, 1.165) is 20.1 Å². The third-order valence-corrected chi connectivity index (χ3v) is 5.47. The number of rotatable bonds is 5. The monoisotopic (exact) mass is 370 g/mol. The van der Waals surface area contributed by atoms with Crippen LogP contribution in [0.25, 0.3) is 10.2 Å². The number of benzene rings is 2. The van der Waals surface area contributed by atoms with E-state index in [4.69, 9.17) is 0 Å². The Morgan fingerprint density at radius 1 is 1.20 bits per heavy atom. The van der Waals surface area contributed by atoms with Crippen molar-refractivity contribution in [3.8, 4) is 0 Å². The van der Waals surface area contributed by atoms with Crippen LogP contribution in [0.4, 0.5) is 5.69 Å². The molecule has 4 rings (SSSR count). The third kappa shape index (κ3) is 3.35. The van der Waals surface area contributed by atoms with Crippen LogP contribution in [-0.2, 0) is 6.54 Å². The lowest BCUT2D eigenvalue weighted by Crippen LogP contribution is -2.03. The van der Waals surface area contributed by atoms with Crippen LogP contribution in [0.15, 0.2) is 58.0 Å². The molecule has 0 saturated heterocycles. The summed E-state index contributed by atoms with van der Waals surface area (Å²) >= 11 is 2.73. The Bertz CT molecular complexity index is 1050.